The van der Waals surface area contributed by atoms with Gasteiger partial charge in [0.25, 0.3) is 0 Å². The van der Waals surface area contributed by atoms with Crippen LogP contribution < -0.4 is 19.7 Å². The van der Waals surface area contributed by atoms with Crippen LogP contribution in [0.3, 0.4) is 0 Å². The van der Waals surface area contributed by atoms with E-state index in [0.29, 0.717) is 36.4 Å². The molecule has 1 N–H and O–H groups in total. The summed E-state index contributed by atoms with van der Waals surface area (Å²) in [5.41, 5.74) is -2.42. The van der Waals surface area contributed by atoms with Gasteiger partial charge in [0, 0.05) is 24.9 Å². The number of nitrogens with one attached hydrogen (secondary N) is 1. The van der Waals surface area contributed by atoms with Crippen LogP contribution in [0.2, 0.25) is 0 Å². The zero-order chi connectivity index (χ0) is 36.6. The highest BCUT2D eigenvalue weighted by atomic mass is 19.4. The zero-order valence-corrected chi connectivity index (χ0v) is 27.8. The molecule has 0 fully saturated rings. The fourth-order valence-corrected chi connectivity index (χ4v) is 5.45. The minimum Gasteiger partial charge on any atom is -0.490 e. The minimum atomic E-state index is -5.05. The average Bonchev–Trinajstić information content (AvgIpc) is 3.06. The summed E-state index contributed by atoms with van der Waals surface area (Å²) in [6, 6.07) is 3.60. The number of rotatable bonds is 13. The Bertz CT molecular complexity index is 1620. The van der Waals surface area contributed by atoms with Gasteiger partial charge < -0.3 is 24.3 Å². The lowest BCUT2D eigenvalue weighted by atomic mass is 9.93. The largest absolute Gasteiger partial charge is 0.490 e. The first-order chi connectivity index (χ1) is 23.7. The van der Waals surface area contributed by atoms with Crippen molar-refractivity contribution < 1.29 is 54.9 Å². The molecule has 17 heteroatoms. The van der Waals surface area contributed by atoms with Crippen molar-refractivity contribution in [2.24, 2.45) is 0 Å². The first-order valence-electron chi connectivity index (χ1n) is 15.9. The molecule has 2 unspecified atom stereocenters. The highest BCUT2D eigenvalue weighted by Crippen LogP contribution is 2.41. The Labute approximate surface area is 284 Å². The van der Waals surface area contributed by atoms with Crippen LogP contribution in [0.25, 0.3) is 0 Å². The second-order valence-corrected chi connectivity index (χ2v) is 11.2. The van der Waals surface area contributed by atoms with E-state index in [9.17, 15) is 35.9 Å². The van der Waals surface area contributed by atoms with Gasteiger partial charge in [0.15, 0.2) is 5.75 Å². The molecular weight excluding hydrogens is 676 g/mol. The lowest BCUT2D eigenvalue weighted by Crippen LogP contribution is -2.46. The summed E-state index contributed by atoms with van der Waals surface area (Å²) >= 11 is 0. The van der Waals surface area contributed by atoms with E-state index >= 15 is 0 Å². The number of esters is 1. The van der Waals surface area contributed by atoms with Crippen LogP contribution in [0.4, 0.5) is 42.8 Å². The predicted octanol–water partition coefficient (Wildman–Crippen LogP) is 7.53. The first-order valence-corrected chi connectivity index (χ1v) is 15.9. The fourth-order valence-electron chi connectivity index (χ4n) is 5.45. The van der Waals surface area contributed by atoms with Gasteiger partial charge in [0.05, 0.1) is 67.4 Å². The summed E-state index contributed by atoms with van der Waals surface area (Å²) < 4.78 is 103. The topological polar surface area (TPSA) is 125 Å². The molecule has 0 saturated carbocycles. The molecule has 1 aliphatic rings. The molecule has 1 aliphatic heterocycles. The van der Waals surface area contributed by atoms with Crippen LogP contribution in [0.15, 0.2) is 36.5 Å². The summed E-state index contributed by atoms with van der Waals surface area (Å²) in [6.07, 6.45) is -8.81. The number of carbonyl (C=O) groups is 2. The van der Waals surface area contributed by atoms with Gasteiger partial charge in [-0.15, -0.1) is 0 Å². The lowest BCUT2D eigenvalue weighted by Gasteiger charge is -2.39. The Kier molecular flexibility index (Phi) is 12.3. The van der Waals surface area contributed by atoms with Gasteiger partial charge in [-0.05, 0) is 62.9 Å². The lowest BCUT2D eigenvalue weighted by molar-refractivity contribution is -0.144. The van der Waals surface area contributed by atoms with Crippen molar-refractivity contribution in [3.63, 3.8) is 0 Å². The number of fused-ring (bicyclic) bond motifs is 1. The minimum absolute atomic E-state index is 0.00543. The maximum Gasteiger partial charge on any atom is 0.416 e. The smallest absolute Gasteiger partial charge is 0.416 e. The van der Waals surface area contributed by atoms with Gasteiger partial charge in [-0.25, -0.2) is 19.7 Å². The number of ether oxygens (including phenoxy) is 4. The molecule has 272 valence electrons. The number of hydrogen-bond acceptors (Lipinski definition) is 10. The second-order valence-electron chi connectivity index (χ2n) is 11.2. The van der Waals surface area contributed by atoms with Crippen molar-refractivity contribution in [3.8, 4) is 11.6 Å². The van der Waals surface area contributed by atoms with E-state index < -0.39 is 48.0 Å². The van der Waals surface area contributed by atoms with Crippen LogP contribution in [-0.4, -0.2) is 60.0 Å². The molecule has 0 radical (unpaired) electrons. The molecule has 0 saturated heterocycles. The monoisotopic (exact) mass is 713 g/mol. The Hall–Kier alpha value is -4.83. The number of aromatic nitrogens is 3. The SMILES string of the molecule is CCOC(=O)CCCOc1cnc(NC2CC(CC)N(C(=O)OCC)c3ccc(OC)nc32)nc1Cc1cc(C(F)(F)F)cc(C(F)(F)F)c1. The van der Waals surface area contributed by atoms with Crippen LogP contribution in [0.5, 0.6) is 11.6 Å². The van der Waals surface area contributed by atoms with E-state index in [4.69, 9.17) is 18.9 Å². The maximum atomic E-state index is 13.6. The van der Waals surface area contributed by atoms with Gasteiger partial charge in [0.1, 0.15) is 0 Å². The number of halogens is 6. The molecule has 50 heavy (non-hydrogen) atoms. The van der Waals surface area contributed by atoms with E-state index in [0.717, 1.165) is 0 Å². The molecule has 4 rings (SSSR count). The maximum absolute atomic E-state index is 13.6. The normalized spacial score (nSPS) is 16.0. The van der Waals surface area contributed by atoms with E-state index in [1.54, 1.807) is 26.0 Å². The molecule has 3 heterocycles. The summed E-state index contributed by atoms with van der Waals surface area (Å²) in [5, 5.41) is 3.17. The zero-order valence-electron chi connectivity index (χ0n) is 27.8. The third-order valence-electron chi connectivity index (χ3n) is 7.72. The first kappa shape index (κ1) is 38.0. The van der Waals surface area contributed by atoms with Gasteiger partial charge in [0.2, 0.25) is 11.8 Å². The van der Waals surface area contributed by atoms with Gasteiger partial charge in [-0.3, -0.25) is 9.69 Å². The number of pyridine rings is 1. The van der Waals surface area contributed by atoms with Crippen molar-refractivity contribution >= 4 is 23.7 Å². The number of methoxy groups -OCH3 is 1. The van der Waals surface area contributed by atoms with Crippen molar-refractivity contribution in [3.05, 3.63) is 64.6 Å². The molecule has 0 bridgehead atoms. The quantitative estimate of drug-likeness (QED) is 0.108. The molecular formula is C33H37F6N5O6. The Morgan fingerprint density at radius 3 is 2.24 bits per heavy atom. The molecule has 2 aromatic heterocycles. The predicted molar refractivity (Wildman–Crippen MR) is 168 cm³/mol. The van der Waals surface area contributed by atoms with E-state index in [-0.39, 0.29) is 73.6 Å². The van der Waals surface area contributed by atoms with E-state index in [1.807, 2.05) is 6.92 Å². The summed E-state index contributed by atoms with van der Waals surface area (Å²) in [5.74, 6) is -0.232. The number of alkyl halides is 6. The van der Waals surface area contributed by atoms with E-state index in [2.05, 4.69) is 20.3 Å². The number of carbonyl (C=O) groups excluding carboxylic acids is 2. The Balaban J connectivity index is 1.73. The number of benzene rings is 1. The summed E-state index contributed by atoms with van der Waals surface area (Å²) in [6.45, 7) is 5.53. The third-order valence-corrected chi connectivity index (χ3v) is 7.72. The molecule has 11 nitrogen and oxygen atoms in total. The number of hydrogen-bond donors (Lipinski definition) is 1. The molecule has 1 aromatic carbocycles. The molecule has 3 aromatic rings. The van der Waals surface area contributed by atoms with Crippen molar-refractivity contribution in [1.82, 2.24) is 15.0 Å². The average molecular weight is 714 g/mol. The molecule has 0 spiro atoms. The summed E-state index contributed by atoms with van der Waals surface area (Å²) in [4.78, 5) is 39.6. The number of nitrogens with zero attached hydrogens (tertiary/aromatic N) is 4. The van der Waals surface area contributed by atoms with E-state index in [1.165, 1.54) is 18.2 Å². The third kappa shape index (κ3) is 9.44. The molecule has 1 amide bonds. The number of amides is 1. The van der Waals surface area contributed by atoms with Gasteiger partial charge in [-0.1, -0.05) is 6.92 Å². The van der Waals surface area contributed by atoms with Crippen LogP contribution in [0.1, 0.15) is 80.6 Å². The Morgan fingerprint density at radius 2 is 1.64 bits per heavy atom. The van der Waals surface area contributed by atoms with Gasteiger partial charge in [-0.2, -0.15) is 26.3 Å². The fraction of sp³-hybridized carbons (Fsp3) is 0.485. The Morgan fingerprint density at radius 1 is 0.960 bits per heavy atom. The number of anilines is 2. The van der Waals surface area contributed by atoms with Crippen LogP contribution in [0, 0.1) is 0 Å². The van der Waals surface area contributed by atoms with Gasteiger partial charge >= 0.3 is 24.4 Å². The summed E-state index contributed by atoms with van der Waals surface area (Å²) in [7, 11) is 1.43. The van der Waals surface area contributed by atoms with Crippen molar-refractivity contribution in [2.45, 2.75) is 77.3 Å². The molecule has 0 aliphatic carbocycles. The highest BCUT2D eigenvalue weighted by Gasteiger charge is 2.39. The van der Waals surface area contributed by atoms with Crippen LogP contribution >= 0.6 is 0 Å². The standard InChI is InChI=1S/C33H37F6N5O6/c1-5-22-17-24(29-25(10-11-27(43-29)47-4)44(22)31(46)49-7-3)42-30-40-18-26(50-12-8-9-28(45)48-6-2)23(41-30)15-19-13-20(32(34,35)36)16-21(14-19)33(37,38)39/h10-11,13-14,16,18,22,24H,5-9,12,15,17H2,1-4H3,(H,40,41,42). The highest BCUT2D eigenvalue weighted by molar-refractivity contribution is 5.90. The molecule has 2 atom stereocenters. The van der Waals surface area contributed by atoms with Crippen LogP contribution in [-0.2, 0) is 33.0 Å². The second kappa shape index (κ2) is 16.3. The van der Waals surface area contributed by atoms with Crippen molar-refractivity contribution in [2.75, 3.05) is 37.1 Å². The van der Waals surface area contributed by atoms with Crippen molar-refractivity contribution in [1.29, 1.82) is 0 Å².